The number of carbonyl (C=O) groups excluding carboxylic acids is 2. The van der Waals surface area contributed by atoms with Crippen molar-refractivity contribution in [1.29, 1.82) is 0 Å². The summed E-state index contributed by atoms with van der Waals surface area (Å²) in [6, 6.07) is 1.64. The quantitative estimate of drug-likeness (QED) is 0.728. The third-order valence-corrected chi connectivity index (χ3v) is 3.39. The molecule has 0 radical (unpaired) electrons. The molecule has 2 amide bonds. The summed E-state index contributed by atoms with van der Waals surface area (Å²) >= 11 is 1.28. The Balaban J connectivity index is 0.00000400. The van der Waals surface area contributed by atoms with E-state index in [0.29, 0.717) is 18.1 Å². The summed E-state index contributed by atoms with van der Waals surface area (Å²) in [7, 11) is 3.58. The Kier molecular flexibility index (Phi) is 9.85. The average Bonchev–Trinajstić information content (AvgIpc) is 2.81. The van der Waals surface area contributed by atoms with Gasteiger partial charge in [-0.05, 0) is 14.0 Å². The molecule has 1 heterocycles. The van der Waals surface area contributed by atoms with Crippen LogP contribution in [0.4, 0.5) is 5.82 Å². The van der Waals surface area contributed by atoms with Crippen molar-refractivity contribution in [3.63, 3.8) is 0 Å². The largest absolute Gasteiger partial charge is 0.360 e. The first-order valence-electron chi connectivity index (χ1n) is 6.22. The van der Waals surface area contributed by atoms with Crippen LogP contribution in [-0.4, -0.2) is 60.6 Å². The highest BCUT2D eigenvalue weighted by molar-refractivity contribution is 8.00. The minimum atomic E-state index is -0.200. The normalized spacial score (nSPS) is 9.86. The number of likely N-dealkylation sites (N-methyl/N-ethyl adjacent to an activating group) is 2. The van der Waals surface area contributed by atoms with Gasteiger partial charge >= 0.3 is 0 Å². The Morgan fingerprint density at radius 2 is 2.14 bits per heavy atom. The summed E-state index contributed by atoms with van der Waals surface area (Å²) in [6.07, 6.45) is 0. The predicted molar refractivity (Wildman–Crippen MR) is 86.0 cm³/mol. The van der Waals surface area contributed by atoms with Crippen LogP contribution in [-0.2, 0) is 9.59 Å². The molecular formula is C12H21ClN4O3S. The van der Waals surface area contributed by atoms with Gasteiger partial charge in [0.1, 0.15) is 5.76 Å². The van der Waals surface area contributed by atoms with Crippen LogP contribution in [0, 0.1) is 6.92 Å². The molecule has 1 rings (SSSR count). The minimum Gasteiger partial charge on any atom is -0.360 e. The van der Waals surface area contributed by atoms with Crippen molar-refractivity contribution in [2.45, 2.75) is 6.92 Å². The number of rotatable bonds is 8. The van der Waals surface area contributed by atoms with Crippen LogP contribution in [0.1, 0.15) is 5.76 Å². The van der Waals surface area contributed by atoms with Gasteiger partial charge in [0.05, 0.1) is 11.5 Å². The summed E-state index contributed by atoms with van der Waals surface area (Å²) < 4.78 is 4.84. The molecule has 120 valence electrons. The fourth-order valence-electron chi connectivity index (χ4n) is 1.35. The van der Waals surface area contributed by atoms with Crippen molar-refractivity contribution in [2.24, 2.45) is 0 Å². The summed E-state index contributed by atoms with van der Waals surface area (Å²) in [5, 5.41) is 9.24. The lowest BCUT2D eigenvalue weighted by molar-refractivity contribution is -0.127. The van der Waals surface area contributed by atoms with Crippen molar-refractivity contribution in [1.82, 2.24) is 15.4 Å². The molecule has 0 aromatic carbocycles. The molecular weight excluding hydrogens is 316 g/mol. The van der Waals surface area contributed by atoms with E-state index in [1.165, 1.54) is 11.8 Å². The van der Waals surface area contributed by atoms with E-state index in [9.17, 15) is 9.59 Å². The van der Waals surface area contributed by atoms with E-state index in [-0.39, 0.29) is 35.7 Å². The lowest BCUT2D eigenvalue weighted by atomic mass is 10.5. The first kappa shape index (κ1) is 19.8. The van der Waals surface area contributed by atoms with Gasteiger partial charge in [0, 0.05) is 26.2 Å². The first-order valence-corrected chi connectivity index (χ1v) is 7.38. The molecule has 9 heteroatoms. The monoisotopic (exact) mass is 336 g/mol. The zero-order valence-electron chi connectivity index (χ0n) is 12.3. The van der Waals surface area contributed by atoms with Crippen LogP contribution in [0.5, 0.6) is 0 Å². The number of thioether (sulfide) groups is 1. The molecule has 0 atom stereocenters. The average molecular weight is 337 g/mol. The number of anilines is 1. The maximum atomic E-state index is 11.7. The maximum absolute atomic E-state index is 11.7. The summed E-state index contributed by atoms with van der Waals surface area (Å²) in [5.74, 6) is 1.33. The molecule has 0 saturated carbocycles. The topological polar surface area (TPSA) is 87.5 Å². The van der Waals surface area contributed by atoms with Gasteiger partial charge in [0.15, 0.2) is 5.82 Å². The van der Waals surface area contributed by atoms with Gasteiger partial charge < -0.3 is 20.1 Å². The van der Waals surface area contributed by atoms with E-state index in [1.807, 2.05) is 7.05 Å². The summed E-state index contributed by atoms with van der Waals surface area (Å²) in [5.41, 5.74) is 0. The van der Waals surface area contributed by atoms with E-state index in [1.54, 1.807) is 24.9 Å². The van der Waals surface area contributed by atoms with Crippen molar-refractivity contribution in [3.8, 4) is 0 Å². The lowest BCUT2D eigenvalue weighted by Gasteiger charge is -2.16. The molecule has 2 N–H and O–H groups in total. The third kappa shape index (κ3) is 7.93. The summed E-state index contributed by atoms with van der Waals surface area (Å²) in [4.78, 5) is 24.9. The van der Waals surface area contributed by atoms with Gasteiger partial charge in [-0.15, -0.1) is 24.2 Å². The summed E-state index contributed by atoms with van der Waals surface area (Å²) in [6.45, 7) is 3.15. The van der Waals surface area contributed by atoms with Crippen molar-refractivity contribution < 1.29 is 14.1 Å². The molecule has 0 unspecified atom stereocenters. The smallest absolute Gasteiger partial charge is 0.235 e. The maximum Gasteiger partial charge on any atom is 0.235 e. The highest BCUT2D eigenvalue weighted by atomic mass is 35.5. The van der Waals surface area contributed by atoms with E-state index in [4.69, 9.17) is 4.52 Å². The Bertz CT molecular complexity index is 455. The Morgan fingerprint density at radius 3 is 2.71 bits per heavy atom. The number of nitrogens with zero attached hydrogens (tertiary/aromatic N) is 2. The zero-order chi connectivity index (χ0) is 15.0. The molecule has 0 aliphatic rings. The second-order valence-corrected chi connectivity index (χ2v) is 5.27. The van der Waals surface area contributed by atoms with Gasteiger partial charge in [-0.25, -0.2) is 0 Å². The number of aromatic nitrogens is 1. The number of halogens is 1. The number of carbonyl (C=O) groups is 2. The SMILES string of the molecule is CNCCN(C)C(=O)CSCC(=O)Nc1cc(C)on1.Cl. The highest BCUT2D eigenvalue weighted by Gasteiger charge is 2.10. The molecule has 1 aromatic rings. The molecule has 1 aromatic heterocycles. The van der Waals surface area contributed by atoms with E-state index in [0.717, 1.165) is 6.54 Å². The van der Waals surface area contributed by atoms with Gasteiger partial charge in [-0.2, -0.15) is 0 Å². The number of aryl methyl sites for hydroxylation is 1. The van der Waals surface area contributed by atoms with Crippen LogP contribution in [0.25, 0.3) is 0 Å². The number of hydrogen-bond donors (Lipinski definition) is 2. The Hall–Kier alpha value is -1.25. The number of amides is 2. The van der Waals surface area contributed by atoms with Crippen LogP contribution in [0.15, 0.2) is 10.6 Å². The van der Waals surface area contributed by atoms with Gasteiger partial charge in [-0.3, -0.25) is 9.59 Å². The number of hydrogen-bond acceptors (Lipinski definition) is 6. The Morgan fingerprint density at radius 1 is 1.43 bits per heavy atom. The van der Waals surface area contributed by atoms with Crippen LogP contribution in [0.2, 0.25) is 0 Å². The van der Waals surface area contributed by atoms with Gasteiger partial charge in [0.25, 0.3) is 0 Å². The van der Waals surface area contributed by atoms with Crippen LogP contribution < -0.4 is 10.6 Å². The molecule has 21 heavy (non-hydrogen) atoms. The predicted octanol–water partition coefficient (Wildman–Crippen LogP) is 0.754. The van der Waals surface area contributed by atoms with Crippen molar-refractivity contribution >= 4 is 41.8 Å². The Labute approximate surface area is 134 Å². The van der Waals surface area contributed by atoms with Crippen molar-refractivity contribution in [3.05, 3.63) is 11.8 Å². The molecule has 0 bridgehead atoms. The molecule has 0 aliphatic heterocycles. The number of nitrogens with one attached hydrogen (secondary N) is 2. The zero-order valence-corrected chi connectivity index (χ0v) is 14.0. The van der Waals surface area contributed by atoms with Crippen molar-refractivity contribution in [2.75, 3.05) is 44.0 Å². The molecule has 7 nitrogen and oxygen atoms in total. The second-order valence-electron chi connectivity index (χ2n) is 4.28. The third-order valence-electron chi connectivity index (χ3n) is 2.48. The van der Waals surface area contributed by atoms with Crippen LogP contribution >= 0.6 is 24.2 Å². The second kappa shape index (κ2) is 10.5. The molecule has 0 saturated heterocycles. The molecule has 0 spiro atoms. The highest BCUT2D eigenvalue weighted by Crippen LogP contribution is 2.08. The standard InChI is InChI=1S/C12H20N4O3S.ClH/c1-9-6-10(15-19-9)14-11(17)7-20-8-12(18)16(3)5-4-13-2;/h6,13H,4-5,7-8H2,1-3H3,(H,14,15,17);1H. The first-order chi connectivity index (χ1) is 9.52. The van der Waals surface area contributed by atoms with Crippen LogP contribution in [0.3, 0.4) is 0 Å². The van der Waals surface area contributed by atoms with Gasteiger partial charge in [0.2, 0.25) is 11.8 Å². The fourth-order valence-corrected chi connectivity index (χ4v) is 2.10. The lowest BCUT2D eigenvalue weighted by Crippen LogP contribution is -2.34. The molecule has 0 aliphatic carbocycles. The fraction of sp³-hybridized carbons (Fsp3) is 0.583. The van der Waals surface area contributed by atoms with E-state index < -0.39 is 0 Å². The van der Waals surface area contributed by atoms with E-state index in [2.05, 4.69) is 15.8 Å². The van der Waals surface area contributed by atoms with Gasteiger partial charge in [-0.1, -0.05) is 5.16 Å². The minimum absolute atomic E-state index is 0. The van der Waals surface area contributed by atoms with E-state index >= 15 is 0 Å². The molecule has 0 fully saturated rings.